The van der Waals surface area contributed by atoms with Crippen molar-refractivity contribution < 1.29 is 22.9 Å². The first-order chi connectivity index (χ1) is 9.79. The van der Waals surface area contributed by atoms with Crippen molar-refractivity contribution in [3.8, 4) is 0 Å². The summed E-state index contributed by atoms with van der Waals surface area (Å²) in [6.45, 7) is 0. The van der Waals surface area contributed by atoms with Crippen LogP contribution >= 0.6 is 0 Å². The van der Waals surface area contributed by atoms with Gasteiger partial charge in [0.25, 0.3) is 5.91 Å². The molecule has 10 heteroatoms. The summed E-state index contributed by atoms with van der Waals surface area (Å²) in [5, 5.41) is 17.8. The number of hydrogen-bond acceptors (Lipinski definition) is 4. The summed E-state index contributed by atoms with van der Waals surface area (Å²) in [6.07, 6.45) is -4.64. The van der Waals surface area contributed by atoms with E-state index in [9.17, 15) is 28.1 Å². The maximum Gasteiger partial charge on any atom is 0.418 e. The van der Waals surface area contributed by atoms with Gasteiger partial charge in [0.15, 0.2) is 5.69 Å². The Hall–Kier alpha value is -2.91. The predicted molar refractivity (Wildman–Crippen MR) is 64.6 cm³/mol. The molecule has 0 aliphatic rings. The maximum absolute atomic E-state index is 12.7. The molecular formula is C11H7F3N4O3. The molecule has 0 unspecified atom stereocenters. The molecule has 0 fully saturated rings. The first-order valence-electron chi connectivity index (χ1n) is 5.46. The number of H-pyrrole nitrogens is 1. The molecule has 1 heterocycles. The van der Waals surface area contributed by atoms with Crippen LogP contribution in [0.25, 0.3) is 0 Å². The van der Waals surface area contributed by atoms with E-state index in [1.807, 2.05) is 10.4 Å². The van der Waals surface area contributed by atoms with Crippen LogP contribution in [-0.4, -0.2) is 21.0 Å². The third-order valence-corrected chi connectivity index (χ3v) is 2.47. The van der Waals surface area contributed by atoms with Gasteiger partial charge < -0.3 is 15.4 Å². The molecule has 0 atom stereocenters. The van der Waals surface area contributed by atoms with Gasteiger partial charge in [0.05, 0.1) is 17.3 Å². The zero-order valence-corrected chi connectivity index (χ0v) is 10.1. The van der Waals surface area contributed by atoms with Gasteiger partial charge in [-0.25, -0.2) is 0 Å². The monoisotopic (exact) mass is 300 g/mol. The van der Waals surface area contributed by atoms with Gasteiger partial charge in [-0.15, -0.1) is 5.10 Å². The van der Waals surface area contributed by atoms with E-state index in [1.165, 1.54) is 12.1 Å². The SMILES string of the molecule is O=C(Nc1ccccc1C(F)(F)F)c1cc([N+](=O)[O-])[nH]n1. The van der Waals surface area contributed by atoms with E-state index in [1.54, 1.807) is 0 Å². The molecule has 2 rings (SSSR count). The van der Waals surface area contributed by atoms with E-state index in [2.05, 4.69) is 5.10 Å². The Bertz CT molecular complexity index is 696. The molecule has 2 aromatic rings. The average molecular weight is 300 g/mol. The Balaban J connectivity index is 2.25. The van der Waals surface area contributed by atoms with Crippen LogP contribution in [0.4, 0.5) is 24.7 Å². The number of para-hydroxylation sites is 1. The van der Waals surface area contributed by atoms with Crippen molar-refractivity contribution in [1.82, 2.24) is 10.2 Å². The second kappa shape index (κ2) is 5.23. The van der Waals surface area contributed by atoms with Crippen LogP contribution in [0, 0.1) is 10.1 Å². The van der Waals surface area contributed by atoms with E-state index in [0.717, 1.165) is 18.2 Å². The van der Waals surface area contributed by atoms with E-state index in [0.29, 0.717) is 0 Å². The van der Waals surface area contributed by atoms with Crippen LogP contribution in [0.3, 0.4) is 0 Å². The molecule has 110 valence electrons. The summed E-state index contributed by atoms with van der Waals surface area (Å²) >= 11 is 0. The number of rotatable bonds is 3. The number of aromatic amines is 1. The van der Waals surface area contributed by atoms with Gasteiger partial charge in [0.1, 0.15) is 0 Å². The lowest BCUT2D eigenvalue weighted by Crippen LogP contribution is -2.16. The molecular weight excluding hydrogens is 293 g/mol. The number of amides is 1. The third-order valence-electron chi connectivity index (χ3n) is 2.47. The van der Waals surface area contributed by atoms with Gasteiger partial charge in [-0.2, -0.15) is 13.2 Å². The van der Waals surface area contributed by atoms with Crippen LogP contribution in [-0.2, 0) is 6.18 Å². The van der Waals surface area contributed by atoms with Crippen molar-refractivity contribution in [1.29, 1.82) is 0 Å². The number of aromatic nitrogens is 2. The summed E-state index contributed by atoms with van der Waals surface area (Å²) in [5.74, 6) is -1.53. The highest BCUT2D eigenvalue weighted by atomic mass is 19.4. The van der Waals surface area contributed by atoms with Crippen LogP contribution < -0.4 is 5.32 Å². The van der Waals surface area contributed by atoms with Crippen LogP contribution in [0.5, 0.6) is 0 Å². The Morgan fingerprint density at radius 3 is 2.57 bits per heavy atom. The van der Waals surface area contributed by atoms with Gasteiger partial charge in [-0.1, -0.05) is 17.2 Å². The maximum atomic E-state index is 12.7. The first kappa shape index (κ1) is 14.5. The van der Waals surface area contributed by atoms with Crippen LogP contribution in [0.1, 0.15) is 16.1 Å². The lowest BCUT2D eigenvalue weighted by Gasteiger charge is -2.12. The van der Waals surface area contributed by atoms with Crippen molar-refractivity contribution in [2.45, 2.75) is 6.18 Å². The Labute approximate surface area is 114 Å². The molecule has 1 amide bonds. The molecule has 0 spiro atoms. The topological polar surface area (TPSA) is 101 Å². The number of halogens is 3. The number of carbonyl (C=O) groups excluding carboxylic acids is 1. The molecule has 1 aromatic heterocycles. The van der Waals surface area contributed by atoms with E-state index >= 15 is 0 Å². The normalized spacial score (nSPS) is 11.2. The van der Waals surface area contributed by atoms with E-state index in [4.69, 9.17) is 0 Å². The minimum atomic E-state index is -4.64. The fourth-order valence-electron chi connectivity index (χ4n) is 1.55. The molecule has 0 aliphatic carbocycles. The predicted octanol–water partition coefficient (Wildman–Crippen LogP) is 2.59. The molecule has 1 aromatic carbocycles. The molecule has 21 heavy (non-hydrogen) atoms. The molecule has 2 N–H and O–H groups in total. The second-order valence-electron chi connectivity index (χ2n) is 3.89. The number of alkyl halides is 3. The Morgan fingerprint density at radius 1 is 1.33 bits per heavy atom. The van der Waals surface area contributed by atoms with Crippen molar-refractivity contribution >= 4 is 17.4 Å². The number of anilines is 1. The lowest BCUT2D eigenvalue weighted by molar-refractivity contribution is -0.389. The zero-order chi connectivity index (χ0) is 15.6. The lowest BCUT2D eigenvalue weighted by atomic mass is 10.1. The largest absolute Gasteiger partial charge is 0.418 e. The zero-order valence-electron chi connectivity index (χ0n) is 10.1. The molecule has 0 aliphatic heterocycles. The average Bonchev–Trinajstić information content (AvgIpc) is 2.88. The van der Waals surface area contributed by atoms with Crippen molar-refractivity contribution in [2.24, 2.45) is 0 Å². The van der Waals surface area contributed by atoms with Gasteiger partial charge in [0, 0.05) is 0 Å². The Morgan fingerprint density at radius 2 is 2.00 bits per heavy atom. The van der Waals surface area contributed by atoms with Gasteiger partial charge in [0.2, 0.25) is 0 Å². The van der Waals surface area contributed by atoms with Crippen molar-refractivity contribution in [2.75, 3.05) is 5.32 Å². The van der Waals surface area contributed by atoms with Crippen LogP contribution in [0.15, 0.2) is 30.3 Å². The minimum Gasteiger partial charge on any atom is -0.358 e. The fraction of sp³-hybridized carbons (Fsp3) is 0.0909. The Kier molecular flexibility index (Phi) is 3.61. The summed E-state index contributed by atoms with van der Waals surface area (Å²) in [5.41, 5.74) is -1.87. The fourth-order valence-corrected chi connectivity index (χ4v) is 1.55. The van der Waals surface area contributed by atoms with Gasteiger partial charge in [-0.05, 0) is 17.1 Å². The highest BCUT2D eigenvalue weighted by Gasteiger charge is 2.33. The van der Waals surface area contributed by atoms with Gasteiger partial charge >= 0.3 is 12.0 Å². The molecule has 7 nitrogen and oxygen atoms in total. The van der Waals surface area contributed by atoms with Crippen molar-refractivity contribution in [3.05, 3.63) is 51.7 Å². The molecule has 0 radical (unpaired) electrons. The second-order valence-corrected chi connectivity index (χ2v) is 3.89. The smallest absolute Gasteiger partial charge is 0.358 e. The van der Waals surface area contributed by atoms with E-state index in [-0.39, 0.29) is 0 Å². The minimum absolute atomic E-state index is 0.390. The third kappa shape index (κ3) is 3.16. The van der Waals surface area contributed by atoms with Crippen molar-refractivity contribution in [3.63, 3.8) is 0 Å². The molecule has 0 saturated heterocycles. The van der Waals surface area contributed by atoms with Crippen LogP contribution in [0.2, 0.25) is 0 Å². The quantitative estimate of drug-likeness (QED) is 0.672. The molecule has 0 saturated carbocycles. The number of carbonyl (C=O) groups is 1. The summed E-state index contributed by atoms with van der Waals surface area (Å²) in [7, 11) is 0. The summed E-state index contributed by atoms with van der Waals surface area (Å²) in [6, 6.07) is 5.20. The number of nitrogens with zero attached hydrogens (tertiary/aromatic N) is 2. The summed E-state index contributed by atoms with van der Waals surface area (Å²) < 4.78 is 38.2. The summed E-state index contributed by atoms with van der Waals surface area (Å²) in [4.78, 5) is 21.4. The highest BCUT2D eigenvalue weighted by Crippen LogP contribution is 2.34. The van der Waals surface area contributed by atoms with Gasteiger partial charge in [-0.3, -0.25) is 4.79 Å². The number of nitrogens with one attached hydrogen (secondary N) is 2. The highest BCUT2D eigenvalue weighted by molar-refractivity contribution is 6.03. The van der Waals surface area contributed by atoms with E-state index < -0.39 is 39.8 Å². The standard InChI is InChI=1S/C11H7F3N4O3/c12-11(13,14)6-3-1-2-4-7(6)15-10(19)8-5-9(17-16-8)18(20)21/h1-5H,(H,15,19)(H,16,17). The first-order valence-corrected chi connectivity index (χ1v) is 5.46. The number of hydrogen-bond donors (Lipinski definition) is 2. The molecule has 0 bridgehead atoms. The number of nitro groups is 1. The number of benzene rings is 1.